The second-order valence-corrected chi connectivity index (χ2v) is 7.69. The van der Waals surface area contributed by atoms with Crippen LogP contribution in [0.4, 0.5) is 0 Å². The van der Waals surface area contributed by atoms with E-state index in [9.17, 15) is 13.2 Å². The molecule has 1 fully saturated rings. The van der Waals surface area contributed by atoms with Crippen molar-refractivity contribution < 1.29 is 22.7 Å². The molecule has 0 aromatic heterocycles. The Morgan fingerprint density at radius 3 is 2.78 bits per heavy atom. The molecule has 1 amide bonds. The van der Waals surface area contributed by atoms with E-state index in [-0.39, 0.29) is 17.2 Å². The summed E-state index contributed by atoms with van der Waals surface area (Å²) in [7, 11) is -3.83. The van der Waals surface area contributed by atoms with Crippen LogP contribution in [0.3, 0.4) is 0 Å². The van der Waals surface area contributed by atoms with E-state index in [1.54, 1.807) is 12.1 Å². The predicted molar refractivity (Wildman–Crippen MR) is 83.7 cm³/mol. The van der Waals surface area contributed by atoms with Crippen LogP contribution < -0.4 is 9.46 Å². The summed E-state index contributed by atoms with van der Waals surface area (Å²) in [4.78, 5) is 12.1. The van der Waals surface area contributed by atoms with Crippen molar-refractivity contribution in [1.82, 2.24) is 4.72 Å². The van der Waals surface area contributed by atoms with Crippen molar-refractivity contribution in [2.75, 3.05) is 19.8 Å². The number of fused-ring (bicyclic) bond motifs is 1. The molecule has 0 spiro atoms. The Hall–Kier alpha value is -1.60. The molecule has 23 heavy (non-hydrogen) atoms. The van der Waals surface area contributed by atoms with Crippen molar-refractivity contribution in [2.45, 2.75) is 37.0 Å². The summed E-state index contributed by atoms with van der Waals surface area (Å²) in [5.74, 6) is 0.463. The molecular weight excluding hydrogens is 318 g/mol. The first-order chi connectivity index (χ1) is 11.0. The second-order valence-electron chi connectivity index (χ2n) is 6.01. The quantitative estimate of drug-likeness (QED) is 0.902. The summed E-state index contributed by atoms with van der Waals surface area (Å²) in [6.45, 7) is 1.92. The molecule has 1 aromatic carbocycles. The second kappa shape index (κ2) is 6.88. The van der Waals surface area contributed by atoms with Crippen LogP contribution in [0.15, 0.2) is 23.1 Å². The van der Waals surface area contributed by atoms with Gasteiger partial charge in [0.2, 0.25) is 5.91 Å². The minimum absolute atomic E-state index is 0.113. The van der Waals surface area contributed by atoms with E-state index in [2.05, 4.69) is 4.72 Å². The number of sulfonamides is 1. The zero-order chi connectivity index (χ0) is 16.3. The molecule has 1 aromatic rings. The maximum atomic E-state index is 12.4. The molecule has 0 unspecified atom stereocenters. The van der Waals surface area contributed by atoms with Gasteiger partial charge in [0, 0.05) is 19.6 Å². The number of nitrogens with one attached hydrogen (secondary N) is 1. The number of hydrogen-bond acceptors (Lipinski definition) is 5. The maximum Gasteiger partial charge on any atom is 0.264 e. The fourth-order valence-electron chi connectivity index (χ4n) is 2.97. The first-order valence-electron chi connectivity index (χ1n) is 7.94. The number of hydrogen-bond donors (Lipinski definition) is 1. The lowest BCUT2D eigenvalue weighted by molar-refractivity contribution is -0.120. The van der Waals surface area contributed by atoms with E-state index in [0.717, 1.165) is 37.0 Å². The maximum absolute atomic E-state index is 12.4. The Morgan fingerprint density at radius 1 is 1.22 bits per heavy atom. The van der Waals surface area contributed by atoms with Gasteiger partial charge in [-0.3, -0.25) is 4.79 Å². The number of carbonyl (C=O) groups is 1. The topological polar surface area (TPSA) is 81.7 Å². The fourth-order valence-corrected chi connectivity index (χ4v) is 4.01. The molecule has 0 aliphatic carbocycles. The summed E-state index contributed by atoms with van der Waals surface area (Å²) >= 11 is 0. The highest BCUT2D eigenvalue weighted by Gasteiger charge is 2.23. The monoisotopic (exact) mass is 339 g/mol. The van der Waals surface area contributed by atoms with Gasteiger partial charge in [0.25, 0.3) is 10.0 Å². The minimum atomic E-state index is -3.83. The Bertz CT molecular complexity index is 680. The molecule has 2 aliphatic rings. The van der Waals surface area contributed by atoms with E-state index < -0.39 is 15.9 Å². The van der Waals surface area contributed by atoms with Gasteiger partial charge in [-0.1, -0.05) is 0 Å². The van der Waals surface area contributed by atoms with Crippen LogP contribution in [-0.4, -0.2) is 34.1 Å². The van der Waals surface area contributed by atoms with Crippen molar-refractivity contribution >= 4 is 15.9 Å². The van der Waals surface area contributed by atoms with Crippen LogP contribution in [-0.2, 0) is 26.0 Å². The summed E-state index contributed by atoms with van der Waals surface area (Å²) in [5, 5.41) is 0. The first kappa shape index (κ1) is 16.3. The molecule has 6 nitrogen and oxygen atoms in total. The van der Waals surface area contributed by atoms with E-state index in [4.69, 9.17) is 9.47 Å². The summed E-state index contributed by atoms with van der Waals surface area (Å²) < 4.78 is 37.6. The van der Waals surface area contributed by atoms with E-state index in [1.165, 1.54) is 6.07 Å². The van der Waals surface area contributed by atoms with Crippen molar-refractivity contribution in [2.24, 2.45) is 5.92 Å². The Morgan fingerprint density at radius 2 is 2.00 bits per heavy atom. The van der Waals surface area contributed by atoms with Crippen LogP contribution in [0.25, 0.3) is 0 Å². The van der Waals surface area contributed by atoms with Crippen LogP contribution in [0, 0.1) is 5.92 Å². The largest absolute Gasteiger partial charge is 0.493 e. The summed E-state index contributed by atoms with van der Waals surface area (Å²) in [6.07, 6.45) is 3.46. The summed E-state index contributed by atoms with van der Waals surface area (Å²) in [6, 6.07) is 4.73. The average molecular weight is 339 g/mol. The van der Waals surface area contributed by atoms with Crippen LogP contribution in [0.2, 0.25) is 0 Å². The molecule has 2 heterocycles. The number of ether oxygens (including phenoxy) is 2. The SMILES string of the molecule is O=C(CC1CCOCC1)NS(=O)(=O)c1ccc2c(c1)CCCO2. The van der Waals surface area contributed by atoms with Gasteiger partial charge >= 0.3 is 0 Å². The van der Waals surface area contributed by atoms with Gasteiger partial charge in [-0.2, -0.15) is 0 Å². The lowest BCUT2D eigenvalue weighted by Crippen LogP contribution is -2.33. The van der Waals surface area contributed by atoms with Gasteiger partial charge in [-0.15, -0.1) is 0 Å². The average Bonchev–Trinajstić information content (AvgIpc) is 2.54. The van der Waals surface area contributed by atoms with Gasteiger partial charge in [0.1, 0.15) is 5.75 Å². The molecule has 2 aliphatic heterocycles. The Labute approximate surface area is 136 Å². The van der Waals surface area contributed by atoms with Crippen molar-refractivity contribution in [1.29, 1.82) is 0 Å². The standard InChI is InChI=1S/C16H21NO5S/c18-16(10-12-5-8-21-9-6-12)17-23(19,20)14-3-4-15-13(11-14)2-1-7-22-15/h3-4,11-12H,1-2,5-10H2,(H,17,18). The molecule has 126 valence electrons. The molecule has 0 saturated carbocycles. The Balaban J connectivity index is 1.67. The molecule has 0 atom stereocenters. The molecule has 7 heteroatoms. The smallest absolute Gasteiger partial charge is 0.264 e. The van der Waals surface area contributed by atoms with Gasteiger partial charge in [-0.25, -0.2) is 13.1 Å². The number of amides is 1. The number of benzene rings is 1. The van der Waals surface area contributed by atoms with E-state index >= 15 is 0 Å². The summed E-state index contributed by atoms with van der Waals surface area (Å²) in [5.41, 5.74) is 0.871. The van der Waals surface area contributed by atoms with Gasteiger partial charge in [0.05, 0.1) is 11.5 Å². The zero-order valence-electron chi connectivity index (χ0n) is 12.9. The third kappa shape index (κ3) is 4.03. The van der Waals surface area contributed by atoms with Gasteiger partial charge in [-0.05, 0) is 55.4 Å². The minimum Gasteiger partial charge on any atom is -0.493 e. The van der Waals surface area contributed by atoms with E-state index in [0.29, 0.717) is 19.8 Å². The lowest BCUT2D eigenvalue weighted by atomic mass is 9.96. The highest BCUT2D eigenvalue weighted by molar-refractivity contribution is 7.90. The van der Waals surface area contributed by atoms with Crippen LogP contribution in [0.5, 0.6) is 5.75 Å². The fraction of sp³-hybridized carbons (Fsp3) is 0.562. The number of carbonyl (C=O) groups excluding carboxylic acids is 1. The Kier molecular flexibility index (Phi) is 4.87. The molecule has 1 saturated heterocycles. The van der Waals surface area contributed by atoms with Gasteiger partial charge < -0.3 is 9.47 Å². The molecule has 3 rings (SSSR count). The molecule has 1 N–H and O–H groups in total. The highest BCUT2D eigenvalue weighted by Crippen LogP contribution is 2.27. The first-order valence-corrected chi connectivity index (χ1v) is 9.42. The number of rotatable bonds is 4. The predicted octanol–water partition coefficient (Wildman–Crippen LogP) is 1.63. The van der Waals surface area contributed by atoms with Gasteiger partial charge in [0.15, 0.2) is 0 Å². The van der Waals surface area contributed by atoms with Crippen molar-refractivity contribution in [3.05, 3.63) is 23.8 Å². The molecular formula is C16H21NO5S. The highest BCUT2D eigenvalue weighted by atomic mass is 32.2. The van der Waals surface area contributed by atoms with Crippen LogP contribution in [0.1, 0.15) is 31.2 Å². The lowest BCUT2D eigenvalue weighted by Gasteiger charge is -2.21. The third-order valence-corrected chi connectivity index (χ3v) is 5.62. The van der Waals surface area contributed by atoms with Crippen molar-refractivity contribution in [3.63, 3.8) is 0 Å². The van der Waals surface area contributed by atoms with Crippen LogP contribution >= 0.6 is 0 Å². The van der Waals surface area contributed by atoms with E-state index in [1.807, 2.05) is 0 Å². The third-order valence-electron chi connectivity index (χ3n) is 4.25. The molecule has 0 bridgehead atoms. The normalized spacial score (nSPS) is 18.8. The zero-order valence-corrected chi connectivity index (χ0v) is 13.7. The number of aryl methyl sites for hydroxylation is 1. The van der Waals surface area contributed by atoms with Crippen molar-refractivity contribution in [3.8, 4) is 5.75 Å². The molecule has 0 radical (unpaired) electrons.